The predicted octanol–water partition coefficient (Wildman–Crippen LogP) is 1.49. The molecule has 1 aliphatic heterocycles. The Morgan fingerprint density at radius 1 is 1.43 bits per heavy atom. The van der Waals surface area contributed by atoms with Crippen LogP contribution in [-0.2, 0) is 4.74 Å². The Balaban J connectivity index is 2.00. The van der Waals surface area contributed by atoms with Crippen LogP contribution in [0.1, 0.15) is 6.92 Å². The van der Waals surface area contributed by atoms with Crippen molar-refractivity contribution < 1.29 is 4.74 Å². The zero-order chi connectivity index (χ0) is 9.80. The molecular formula is C8H13N3OS2. The standard InChI is InChI=1S/C8H13N3OS2/c1-2-13-8-10-9-7(14-8)11-3-5-12-6-4-11/h2-6H2,1H3. The monoisotopic (exact) mass is 231 g/mol. The highest BCUT2D eigenvalue weighted by Crippen LogP contribution is 2.27. The molecule has 0 spiro atoms. The van der Waals surface area contributed by atoms with Crippen LogP contribution >= 0.6 is 23.1 Å². The molecule has 0 radical (unpaired) electrons. The molecule has 2 heterocycles. The Kier molecular flexibility index (Phi) is 3.61. The Morgan fingerprint density at radius 2 is 2.21 bits per heavy atom. The molecule has 0 aromatic carbocycles. The number of thioether (sulfide) groups is 1. The van der Waals surface area contributed by atoms with E-state index in [1.54, 1.807) is 23.1 Å². The smallest absolute Gasteiger partial charge is 0.209 e. The van der Waals surface area contributed by atoms with E-state index in [1.165, 1.54) is 0 Å². The van der Waals surface area contributed by atoms with Crippen molar-refractivity contribution in [3.8, 4) is 0 Å². The first kappa shape index (κ1) is 10.2. The largest absolute Gasteiger partial charge is 0.378 e. The zero-order valence-corrected chi connectivity index (χ0v) is 9.73. The molecule has 0 unspecified atom stereocenters. The highest BCUT2D eigenvalue weighted by molar-refractivity contribution is 8.01. The average molecular weight is 231 g/mol. The first-order chi connectivity index (χ1) is 6.90. The van der Waals surface area contributed by atoms with Gasteiger partial charge >= 0.3 is 0 Å². The number of hydrogen-bond acceptors (Lipinski definition) is 6. The van der Waals surface area contributed by atoms with Crippen LogP contribution < -0.4 is 4.90 Å². The van der Waals surface area contributed by atoms with E-state index in [0.717, 1.165) is 41.5 Å². The van der Waals surface area contributed by atoms with Crippen LogP contribution in [0, 0.1) is 0 Å². The molecule has 1 fully saturated rings. The number of anilines is 1. The van der Waals surface area contributed by atoms with E-state index < -0.39 is 0 Å². The molecule has 1 aromatic heterocycles. The summed E-state index contributed by atoms with van der Waals surface area (Å²) in [6.45, 7) is 5.60. The summed E-state index contributed by atoms with van der Waals surface area (Å²) in [5.41, 5.74) is 0. The van der Waals surface area contributed by atoms with Gasteiger partial charge in [-0.2, -0.15) is 0 Å². The summed E-state index contributed by atoms with van der Waals surface area (Å²) in [5, 5.41) is 9.34. The molecule has 1 aromatic rings. The van der Waals surface area contributed by atoms with Gasteiger partial charge in [0.15, 0.2) is 4.34 Å². The van der Waals surface area contributed by atoms with Gasteiger partial charge in [0.05, 0.1) is 13.2 Å². The predicted molar refractivity (Wildman–Crippen MR) is 59.3 cm³/mol. The molecule has 0 amide bonds. The number of nitrogens with zero attached hydrogens (tertiary/aromatic N) is 3. The Labute approximate surface area is 91.7 Å². The minimum Gasteiger partial charge on any atom is -0.378 e. The van der Waals surface area contributed by atoms with E-state index in [1.807, 2.05) is 0 Å². The highest BCUT2D eigenvalue weighted by atomic mass is 32.2. The fourth-order valence-corrected chi connectivity index (χ4v) is 3.06. The van der Waals surface area contributed by atoms with Gasteiger partial charge in [-0.1, -0.05) is 30.0 Å². The molecule has 78 valence electrons. The van der Waals surface area contributed by atoms with Gasteiger partial charge in [-0.15, -0.1) is 10.2 Å². The second-order valence-electron chi connectivity index (χ2n) is 2.88. The lowest BCUT2D eigenvalue weighted by Crippen LogP contribution is -2.36. The van der Waals surface area contributed by atoms with Crippen molar-refractivity contribution in [3.63, 3.8) is 0 Å². The topological polar surface area (TPSA) is 38.2 Å². The number of aromatic nitrogens is 2. The third kappa shape index (κ3) is 2.37. The van der Waals surface area contributed by atoms with Gasteiger partial charge in [-0.05, 0) is 5.75 Å². The number of rotatable bonds is 3. The third-order valence-corrected chi connectivity index (χ3v) is 3.94. The minimum atomic E-state index is 0.801. The fourth-order valence-electron chi connectivity index (χ4n) is 1.27. The maximum absolute atomic E-state index is 5.29. The van der Waals surface area contributed by atoms with Crippen LogP contribution in [-0.4, -0.2) is 42.3 Å². The van der Waals surface area contributed by atoms with Gasteiger partial charge < -0.3 is 9.64 Å². The first-order valence-corrected chi connectivity index (χ1v) is 6.49. The third-order valence-electron chi connectivity index (χ3n) is 1.95. The van der Waals surface area contributed by atoms with Gasteiger partial charge in [0, 0.05) is 13.1 Å². The summed E-state index contributed by atoms with van der Waals surface area (Å²) < 4.78 is 6.35. The molecule has 6 heteroatoms. The van der Waals surface area contributed by atoms with Gasteiger partial charge in [-0.25, -0.2) is 0 Å². The SMILES string of the molecule is CCSc1nnc(N2CCOCC2)s1. The maximum Gasteiger partial charge on any atom is 0.209 e. The molecule has 0 N–H and O–H groups in total. The Bertz CT molecular complexity index is 286. The molecule has 0 saturated carbocycles. The summed E-state index contributed by atoms with van der Waals surface area (Å²) in [6.07, 6.45) is 0. The quantitative estimate of drug-likeness (QED) is 0.737. The molecule has 1 saturated heterocycles. The van der Waals surface area contributed by atoms with E-state index in [9.17, 15) is 0 Å². The average Bonchev–Trinajstić information content (AvgIpc) is 2.68. The van der Waals surface area contributed by atoms with Crippen LogP contribution in [0.2, 0.25) is 0 Å². The highest BCUT2D eigenvalue weighted by Gasteiger charge is 2.15. The van der Waals surface area contributed by atoms with E-state index in [0.29, 0.717) is 0 Å². The molecular weight excluding hydrogens is 218 g/mol. The van der Waals surface area contributed by atoms with E-state index in [4.69, 9.17) is 4.74 Å². The van der Waals surface area contributed by atoms with Crippen molar-refractivity contribution in [3.05, 3.63) is 0 Å². The van der Waals surface area contributed by atoms with Crippen LogP contribution in [0.5, 0.6) is 0 Å². The fraction of sp³-hybridized carbons (Fsp3) is 0.750. The van der Waals surface area contributed by atoms with Crippen molar-refractivity contribution in [2.75, 3.05) is 37.0 Å². The summed E-state index contributed by atoms with van der Waals surface area (Å²) in [6, 6.07) is 0. The van der Waals surface area contributed by atoms with E-state index in [-0.39, 0.29) is 0 Å². The minimum absolute atomic E-state index is 0.801. The summed E-state index contributed by atoms with van der Waals surface area (Å²) >= 11 is 3.42. The number of hydrogen-bond donors (Lipinski definition) is 0. The van der Waals surface area contributed by atoms with E-state index in [2.05, 4.69) is 22.0 Å². The molecule has 0 bridgehead atoms. The molecule has 2 rings (SSSR count). The van der Waals surface area contributed by atoms with Gasteiger partial charge in [0.2, 0.25) is 5.13 Å². The van der Waals surface area contributed by atoms with Gasteiger partial charge in [0.1, 0.15) is 0 Å². The Morgan fingerprint density at radius 3 is 2.93 bits per heavy atom. The lowest BCUT2D eigenvalue weighted by Gasteiger charge is -2.25. The van der Waals surface area contributed by atoms with Gasteiger partial charge in [0.25, 0.3) is 0 Å². The second-order valence-corrected chi connectivity index (χ2v) is 5.35. The van der Waals surface area contributed by atoms with Crippen molar-refractivity contribution >= 4 is 28.2 Å². The number of ether oxygens (including phenoxy) is 1. The van der Waals surface area contributed by atoms with Crippen LogP contribution in [0.15, 0.2) is 4.34 Å². The zero-order valence-electron chi connectivity index (χ0n) is 8.10. The lowest BCUT2D eigenvalue weighted by molar-refractivity contribution is 0.122. The summed E-state index contributed by atoms with van der Waals surface area (Å²) in [4.78, 5) is 2.24. The van der Waals surface area contributed by atoms with Crippen LogP contribution in [0.25, 0.3) is 0 Å². The molecule has 0 atom stereocenters. The van der Waals surface area contributed by atoms with Crippen LogP contribution in [0.4, 0.5) is 5.13 Å². The van der Waals surface area contributed by atoms with Gasteiger partial charge in [-0.3, -0.25) is 0 Å². The maximum atomic E-state index is 5.29. The first-order valence-electron chi connectivity index (χ1n) is 4.69. The molecule has 1 aliphatic rings. The van der Waals surface area contributed by atoms with Crippen molar-refractivity contribution in [2.45, 2.75) is 11.3 Å². The molecule has 0 aliphatic carbocycles. The summed E-state index contributed by atoms with van der Waals surface area (Å²) in [7, 11) is 0. The van der Waals surface area contributed by atoms with E-state index >= 15 is 0 Å². The number of morpholine rings is 1. The van der Waals surface area contributed by atoms with Crippen molar-refractivity contribution in [1.82, 2.24) is 10.2 Å². The summed E-state index contributed by atoms with van der Waals surface area (Å²) in [5.74, 6) is 1.05. The molecule has 14 heavy (non-hydrogen) atoms. The lowest BCUT2D eigenvalue weighted by atomic mass is 10.5. The van der Waals surface area contributed by atoms with Crippen molar-refractivity contribution in [2.24, 2.45) is 0 Å². The normalized spacial score (nSPS) is 17.4. The van der Waals surface area contributed by atoms with Crippen LogP contribution in [0.3, 0.4) is 0 Å². The second kappa shape index (κ2) is 4.95. The Hall–Kier alpha value is -0.330. The molecule has 4 nitrogen and oxygen atoms in total. The van der Waals surface area contributed by atoms with Crippen molar-refractivity contribution in [1.29, 1.82) is 0 Å².